The predicted molar refractivity (Wildman–Crippen MR) is 84.3 cm³/mol. The van der Waals surface area contributed by atoms with Crippen molar-refractivity contribution in [2.45, 2.75) is 12.6 Å². The van der Waals surface area contributed by atoms with Crippen LogP contribution in [-0.4, -0.2) is 12.5 Å². The van der Waals surface area contributed by atoms with Crippen molar-refractivity contribution in [3.63, 3.8) is 0 Å². The Labute approximate surface area is 136 Å². The van der Waals surface area contributed by atoms with E-state index in [4.69, 9.17) is 5.26 Å². The lowest BCUT2D eigenvalue weighted by atomic mass is 10.2. The SMILES string of the molecule is N#Cc1ccccc1NC(=O)CCNc1ccc(C(F)(F)F)cc1. The quantitative estimate of drug-likeness (QED) is 0.869. The molecule has 0 aliphatic heterocycles. The number of carbonyl (C=O) groups is 1. The summed E-state index contributed by atoms with van der Waals surface area (Å²) >= 11 is 0. The highest BCUT2D eigenvalue weighted by molar-refractivity contribution is 5.92. The van der Waals surface area contributed by atoms with E-state index in [9.17, 15) is 18.0 Å². The molecule has 24 heavy (non-hydrogen) atoms. The minimum atomic E-state index is -4.37. The van der Waals surface area contributed by atoms with Gasteiger partial charge in [0.25, 0.3) is 0 Å². The molecular formula is C17H14F3N3O. The number of rotatable bonds is 5. The van der Waals surface area contributed by atoms with Gasteiger partial charge >= 0.3 is 6.18 Å². The molecule has 1 amide bonds. The maximum absolute atomic E-state index is 12.5. The van der Waals surface area contributed by atoms with E-state index in [1.54, 1.807) is 24.3 Å². The smallest absolute Gasteiger partial charge is 0.385 e. The summed E-state index contributed by atoms with van der Waals surface area (Å²) in [5, 5.41) is 14.4. The van der Waals surface area contributed by atoms with Gasteiger partial charge in [0.1, 0.15) is 6.07 Å². The molecule has 0 heterocycles. The van der Waals surface area contributed by atoms with Gasteiger partial charge < -0.3 is 10.6 Å². The number of nitrogens with one attached hydrogen (secondary N) is 2. The van der Waals surface area contributed by atoms with Gasteiger partial charge in [-0.05, 0) is 36.4 Å². The second-order valence-electron chi connectivity index (χ2n) is 4.96. The van der Waals surface area contributed by atoms with Gasteiger partial charge in [-0.15, -0.1) is 0 Å². The fourth-order valence-electron chi connectivity index (χ4n) is 2.00. The second kappa shape index (κ2) is 7.51. The van der Waals surface area contributed by atoms with Crippen molar-refractivity contribution in [2.24, 2.45) is 0 Å². The van der Waals surface area contributed by atoms with Crippen molar-refractivity contribution in [3.05, 3.63) is 59.7 Å². The van der Waals surface area contributed by atoms with E-state index in [1.807, 2.05) is 6.07 Å². The van der Waals surface area contributed by atoms with Crippen molar-refractivity contribution in [1.29, 1.82) is 5.26 Å². The van der Waals surface area contributed by atoms with Crippen LogP contribution in [0.3, 0.4) is 0 Å². The zero-order valence-corrected chi connectivity index (χ0v) is 12.5. The van der Waals surface area contributed by atoms with Crippen LogP contribution in [0.25, 0.3) is 0 Å². The van der Waals surface area contributed by atoms with Crippen LogP contribution < -0.4 is 10.6 Å². The maximum atomic E-state index is 12.5. The van der Waals surface area contributed by atoms with Crippen molar-refractivity contribution in [1.82, 2.24) is 0 Å². The lowest BCUT2D eigenvalue weighted by Gasteiger charge is -2.10. The van der Waals surface area contributed by atoms with E-state index in [0.29, 0.717) is 16.9 Å². The number of para-hydroxylation sites is 1. The van der Waals surface area contributed by atoms with Gasteiger partial charge in [-0.25, -0.2) is 0 Å². The minimum Gasteiger partial charge on any atom is -0.385 e. The molecule has 0 radical (unpaired) electrons. The molecule has 124 valence electrons. The Morgan fingerprint density at radius 2 is 1.75 bits per heavy atom. The summed E-state index contributed by atoms with van der Waals surface area (Å²) in [5.74, 6) is -0.294. The first kappa shape index (κ1) is 17.3. The van der Waals surface area contributed by atoms with Gasteiger partial charge in [0, 0.05) is 18.7 Å². The van der Waals surface area contributed by atoms with E-state index in [2.05, 4.69) is 10.6 Å². The molecule has 2 rings (SSSR count). The standard InChI is InChI=1S/C17H14F3N3O/c18-17(19,20)13-5-7-14(8-6-13)22-10-9-16(24)23-15-4-2-1-3-12(15)11-21/h1-8,22H,9-10H2,(H,23,24). The molecule has 0 spiro atoms. The van der Waals surface area contributed by atoms with E-state index >= 15 is 0 Å². The van der Waals surface area contributed by atoms with Crippen molar-refractivity contribution in [2.75, 3.05) is 17.2 Å². The van der Waals surface area contributed by atoms with Crippen molar-refractivity contribution in [3.8, 4) is 6.07 Å². The zero-order valence-electron chi connectivity index (χ0n) is 12.5. The van der Waals surface area contributed by atoms with Gasteiger partial charge in [0.05, 0.1) is 16.8 Å². The summed E-state index contributed by atoms with van der Waals surface area (Å²) in [5.41, 5.74) is 0.563. The molecule has 0 saturated heterocycles. The predicted octanol–water partition coefficient (Wildman–Crippen LogP) is 4.02. The van der Waals surface area contributed by atoms with E-state index in [-0.39, 0.29) is 18.9 Å². The van der Waals surface area contributed by atoms with Crippen LogP contribution in [0.4, 0.5) is 24.5 Å². The molecule has 0 aliphatic rings. The number of halogens is 3. The van der Waals surface area contributed by atoms with Gasteiger partial charge in [0.15, 0.2) is 0 Å². The number of hydrogen-bond acceptors (Lipinski definition) is 3. The molecule has 0 saturated carbocycles. The van der Waals surface area contributed by atoms with Crippen LogP contribution in [0, 0.1) is 11.3 Å². The molecule has 0 atom stereocenters. The number of hydrogen-bond donors (Lipinski definition) is 2. The Morgan fingerprint density at radius 1 is 1.08 bits per heavy atom. The average molecular weight is 333 g/mol. The third kappa shape index (κ3) is 4.74. The number of carbonyl (C=O) groups excluding carboxylic acids is 1. The van der Waals surface area contributed by atoms with Crippen LogP contribution >= 0.6 is 0 Å². The Kier molecular flexibility index (Phi) is 5.42. The second-order valence-corrected chi connectivity index (χ2v) is 4.96. The lowest BCUT2D eigenvalue weighted by Crippen LogP contribution is -2.17. The van der Waals surface area contributed by atoms with Gasteiger partial charge in [-0.3, -0.25) is 4.79 Å². The van der Waals surface area contributed by atoms with Gasteiger partial charge in [-0.1, -0.05) is 12.1 Å². The normalized spacial score (nSPS) is 10.8. The number of nitrogens with zero attached hydrogens (tertiary/aromatic N) is 1. The lowest BCUT2D eigenvalue weighted by molar-refractivity contribution is -0.137. The molecule has 7 heteroatoms. The summed E-state index contributed by atoms with van der Waals surface area (Å²) in [4.78, 5) is 11.8. The Bertz CT molecular complexity index is 749. The minimum absolute atomic E-state index is 0.112. The van der Waals surface area contributed by atoms with Crippen LogP contribution in [0.5, 0.6) is 0 Å². The molecular weight excluding hydrogens is 319 g/mol. The molecule has 0 fully saturated rings. The Morgan fingerprint density at radius 3 is 2.38 bits per heavy atom. The molecule has 0 bridgehead atoms. The van der Waals surface area contributed by atoms with Crippen LogP contribution in [-0.2, 0) is 11.0 Å². The van der Waals surface area contributed by atoms with Crippen LogP contribution in [0.2, 0.25) is 0 Å². The van der Waals surface area contributed by atoms with Gasteiger partial charge in [0.2, 0.25) is 5.91 Å². The molecule has 2 aromatic carbocycles. The number of anilines is 2. The zero-order chi connectivity index (χ0) is 17.6. The summed E-state index contributed by atoms with van der Waals surface area (Å²) in [7, 11) is 0. The Balaban J connectivity index is 1.84. The average Bonchev–Trinajstić information content (AvgIpc) is 2.55. The summed E-state index contributed by atoms with van der Waals surface area (Å²) in [6.07, 6.45) is -4.26. The molecule has 0 unspecified atom stereocenters. The summed E-state index contributed by atoms with van der Waals surface area (Å²) < 4.78 is 37.4. The van der Waals surface area contributed by atoms with E-state index < -0.39 is 11.7 Å². The molecule has 2 N–H and O–H groups in total. The summed E-state index contributed by atoms with van der Waals surface area (Å²) in [6, 6.07) is 13.2. The summed E-state index contributed by atoms with van der Waals surface area (Å²) in [6.45, 7) is 0.256. The van der Waals surface area contributed by atoms with Crippen molar-refractivity contribution < 1.29 is 18.0 Å². The van der Waals surface area contributed by atoms with Crippen molar-refractivity contribution >= 4 is 17.3 Å². The fourth-order valence-corrected chi connectivity index (χ4v) is 2.00. The largest absolute Gasteiger partial charge is 0.416 e. The first-order valence-corrected chi connectivity index (χ1v) is 7.10. The first-order chi connectivity index (χ1) is 11.4. The topological polar surface area (TPSA) is 64.9 Å². The Hall–Kier alpha value is -3.01. The molecule has 2 aromatic rings. The number of alkyl halides is 3. The number of nitriles is 1. The third-order valence-electron chi connectivity index (χ3n) is 3.22. The van der Waals surface area contributed by atoms with E-state index in [0.717, 1.165) is 12.1 Å². The molecule has 4 nitrogen and oxygen atoms in total. The molecule has 0 aromatic heterocycles. The third-order valence-corrected chi connectivity index (χ3v) is 3.22. The highest BCUT2D eigenvalue weighted by Gasteiger charge is 2.29. The first-order valence-electron chi connectivity index (χ1n) is 7.10. The van der Waals surface area contributed by atoms with Crippen LogP contribution in [0.1, 0.15) is 17.5 Å². The highest BCUT2D eigenvalue weighted by atomic mass is 19.4. The molecule has 0 aliphatic carbocycles. The highest BCUT2D eigenvalue weighted by Crippen LogP contribution is 2.29. The number of benzene rings is 2. The van der Waals surface area contributed by atoms with Crippen LogP contribution in [0.15, 0.2) is 48.5 Å². The number of amides is 1. The van der Waals surface area contributed by atoms with Gasteiger partial charge in [-0.2, -0.15) is 18.4 Å². The van der Waals surface area contributed by atoms with E-state index in [1.165, 1.54) is 12.1 Å². The fraction of sp³-hybridized carbons (Fsp3) is 0.176. The maximum Gasteiger partial charge on any atom is 0.416 e. The monoisotopic (exact) mass is 333 g/mol.